The molecule has 0 radical (unpaired) electrons. The molecule has 1 aromatic rings. The monoisotopic (exact) mass is 293 g/mol. The molecule has 1 saturated carbocycles. The van der Waals surface area contributed by atoms with Crippen LogP contribution in [0.3, 0.4) is 0 Å². The van der Waals surface area contributed by atoms with Gasteiger partial charge in [0.15, 0.2) is 0 Å². The zero-order valence-electron chi connectivity index (χ0n) is 9.22. The summed E-state index contributed by atoms with van der Waals surface area (Å²) >= 11 is 0.972. The van der Waals surface area contributed by atoms with Gasteiger partial charge in [-0.05, 0) is 25.3 Å². The Labute approximate surface area is 109 Å². The normalized spacial score (nSPS) is 16.6. The van der Waals surface area contributed by atoms with Crippen molar-refractivity contribution < 1.29 is 13.2 Å². The highest BCUT2D eigenvalue weighted by atomic mass is 35.7. The molecular formula is C10H12ClNO3S2. The van der Waals surface area contributed by atoms with Crippen LogP contribution in [0.15, 0.2) is 15.7 Å². The van der Waals surface area contributed by atoms with Crippen molar-refractivity contribution in [1.29, 1.82) is 0 Å². The summed E-state index contributed by atoms with van der Waals surface area (Å²) in [5.74, 6) is -0.141. The van der Waals surface area contributed by atoms with E-state index in [2.05, 4.69) is 0 Å². The van der Waals surface area contributed by atoms with Gasteiger partial charge in [0, 0.05) is 29.2 Å². The Morgan fingerprint density at radius 3 is 2.59 bits per heavy atom. The Morgan fingerprint density at radius 2 is 2.18 bits per heavy atom. The van der Waals surface area contributed by atoms with E-state index in [0.717, 1.165) is 30.6 Å². The van der Waals surface area contributed by atoms with Crippen molar-refractivity contribution in [3.63, 3.8) is 0 Å². The summed E-state index contributed by atoms with van der Waals surface area (Å²) in [4.78, 5) is 13.7. The number of hydrogen-bond acceptors (Lipinski definition) is 4. The van der Waals surface area contributed by atoms with E-state index in [4.69, 9.17) is 10.7 Å². The first-order chi connectivity index (χ1) is 7.89. The molecule has 94 valence electrons. The summed E-state index contributed by atoms with van der Waals surface area (Å²) in [5, 5.41) is 1.53. The Hall–Kier alpha value is -0.590. The van der Waals surface area contributed by atoms with E-state index in [1.54, 1.807) is 11.9 Å². The van der Waals surface area contributed by atoms with Crippen LogP contribution < -0.4 is 0 Å². The molecule has 1 aromatic heterocycles. The Morgan fingerprint density at radius 1 is 1.53 bits per heavy atom. The van der Waals surface area contributed by atoms with Gasteiger partial charge in [0.1, 0.15) is 4.21 Å². The molecule has 0 bridgehead atoms. The van der Waals surface area contributed by atoms with Crippen LogP contribution in [0.1, 0.15) is 29.6 Å². The van der Waals surface area contributed by atoms with Crippen LogP contribution in [-0.2, 0) is 9.05 Å². The van der Waals surface area contributed by atoms with Crippen LogP contribution in [0.5, 0.6) is 0 Å². The number of nitrogens with zero attached hydrogens (tertiary/aromatic N) is 1. The smallest absolute Gasteiger partial charge is 0.270 e. The third-order valence-corrected chi connectivity index (χ3v) is 6.05. The van der Waals surface area contributed by atoms with Crippen molar-refractivity contribution in [3.8, 4) is 0 Å². The summed E-state index contributed by atoms with van der Waals surface area (Å²) in [6, 6.07) is 1.63. The van der Waals surface area contributed by atoms with Gasteiger partial charge >= 0.3 is 0 Å². The molecule has 7 heteroatoms. The molecule has 0 spiro atoms. The maximum atomic E-state index is 12.0. The summed E-state index contributed by atoms with van der Waals surface area (Å²) in [6.45, 7) is 0. The van der Waals surface area contributed by atoms with Gasteiger partial charge in [-0.3, -0.25) is 4.79 Å². The second-order valence-electron chi connectivity index (χ2n) is 4.09. The minimum atomic E-state index is -3.73. The molecule has 0 aliphatic heterocycles. The quantitative estimate of drug-likeness (QED) is 0.804. The van der Waals surface area contributed by atoms with Gasteiger partial charge in [0.2, 0.25) is 0 Å². The molecule has 17 heavy (non-hydrogen) atoms. The Balaban J connectivity index is 2.17. The fourth-order valence-electron chi connectivity index (χ4n) is 1.70. The maximum Gasteiger partial charge on any atom is 0.270 e. The van der Waals surface area contributed by atoms with Crippen molar-refractivity contribution in [3.05, 3.63) is 17.0 Å². The number of thiophene rings is 1. The SMILES string of the molecule is CN(C(=O)c1csc(S(=O)(=O)Cl)c1)C1CCC1. The number of hydrogen-bond donors (Lipinski definition) is 0. The second-order valence-corrected chi connectivity index (χ2v) is 7.80. The molecule has 1 heterocycles. The molecular weight excluding hydrogens is 282 g/mol. The minimum Gasteiger partial charge on any atom is -0.339 e. The predicted octanol–water partition coefficient (Wildman–Crippen LogP) is 2.30. The zero-order valence-corrected chi connectivity index (χ0v) is 11.6. The number of halogens is 1. The molecule has 0 saturated heterocycles. The van der Waals surface area contributed by atoms with Crippen molar-refractivity contribution in [2.45, 2.75) is 29.5 Å². The molecule has 1 amide bonds. The van der Waals surface area contributed by atoms with Crippen LogP contribution in [0.2, 0.25) is 0 Å². The standard InChI is InChI=1S/C10H12ClNO3S2/c1-12(8-3-2-4-8)10(13)7-5-9(16-6-7)17(11,14)15/h5-6,8H,2-4H2,1H3. The van der Waals surface area contributed by atoms with E-state index in [0.29, 0.717) is 11.6 Å². The highest BCUT2D eigenvalue weighted by Crippen LogP contribution is 2.28. The van der Waals surface area contributed by atoms with Crippen LogP contribution in [-0.4, -0.2) is 32.3 Å². The number of rotatable bonds is 3. The fraction of sp³-hybridized carbons (Fsp3) is 0.500. The Kier molecular flexibility index (Phi) is 3.47. The topological polar surface area (TPSA) is 54.5 Å². The molecule has 4 nitrogen and oxygen atoms in total. The summed E-state index contributed by atoms with van der Waals surface area (Å²) in [5.41, 5.74) is 0.392. The van der Waals surface area contributed by atoms with E-state index >= 15 is 0 Å². The molecule has 1 aliphatic rings. The van der Waals surface area contributed by atoms with Gasteiger partial charge in [0.25, 0.3) is 15.0 Å². The molecule has 1 aliphatic carbocycles. The summed E-state index contributed by atoms with van der Waals surface area (Å²) in [6.07, 6.45) is 3.19. The molecule has 1 fully saturated rings. The molecule has 2 rings (SSSR count). The first kappa shape index (κ1) is 12.9. The summed E-state index contributed by atoms with van der Waals surface area (Å²) < 4.78 is 22.2. The highest BCUT2D eigenvalue weighted by Gasteiger charge is 2.27. The lowest BCUT2D eigenvalue weighted by atomic mass is 9.91. The molecule has 0 unspecified atom stereocenters. The van der Waals surface area contributed by atoms with Gasteiger partial charge in [-0.25, -0.2) is 8.42 Å². The van der Waals surface area contributed by atoms with E-state index in [-0.39, 0.29) is 10.1 Å². The van der Waals surface area contributed by atoms with Crippen LogP contribution >= 0.6 is 22.0 Å². The van der Waals surface area contributed by atoms with E-state index < -0.39 is 9.05 Å². The van der Waals surface area contributed by atoms with Crippen LogP contribution in [0.25, 0.3) is 0 Å². The van der Waals surface area contributed by atoms with Gasteiger partial charge in [0.05, 0.1) is 5.56 Å². The minimum absolute atomic E-state index is 0.0181. The van der Waals surface area contributed by atoms with Gasteiger partial charge < -0.3 is 4.90 Å². The highest BCUT2D eigenvalue weighted by molar-refractivity contribution is 8.15. The summed E-state index contributed by atoms with van der Waals surface area (Å²) in [7, 11) is 3.23. The van der Waals surface area contributed by atoms with Crippen LogP contribution in [0.4, 0.5) is 0 Å². The van der Waals surface area contributed by atoms with Crippen molar-refractivity contribution in [2.75, 3.05) is 7.05 Å². The molecule has 0 atom stereocenters. The first-order valence-electron chi connectivity index (χ1n) is 5.20. The van der Waals surface area contributed by atoms with Crippen molar-refractivity contribution in [1.82, 2.24) is 4.90 Å². The maximum absolute atomic E-state index is 12.0. The molecule has 0 N–H and O–H groups in total. The van der Waals surface area contributed by atoms with Crippen molar-refractivity contribution in [2.24, 2.45) is 0 Å². The van der Waals surface area contributed by atoms with E-state index in [9.17, 15) is 13.2 Å². The lowest BCUT2D eigenvalue weighted by Crippen LogP contribution is -2.41. The van der Waals surface area contributed by atoms with E-state index in [1.807, 2.05) is 0 Å². The third-order valence-electron chi connectivity index (χ3n) is 3.01. The lowest BCUT2D eigenvalue weighted by Gasteiger charge is -2.34. The predicted molar refractivity (Wildman–Crippen MR) is 67.1 cm³/mol. The zero-order chi connectivity index (χ0) is 12.6. The average molecular weight is 294 g/mol. The second kappa shape index (κ2) is 4.59. The Bertz CT molecular complexity index is 534. The number of carbonyl (C=O) groups excluding carboxylic acids is 1. The average Bonchev–Trinajstić information content (AvgIpc) is 2.61. The molecule has 0 aromatic carbocycles. The number of carbonyl (C=O) groups is 1. The number of amides is 1. The van der Waals surface area contributed by atoms with Gasteiger partial charge in [-0.15, -0.1) is 11.3 Å². The lowest BCUT2D eigenvalue weighted by molar-refractivity contribution is 0.0652. The fourth-order valence-corrected chi connectivity index (χ4v) is 3.64. The largest absolute Gasteiger partial charge is 0.339 e. The van der Waals surface area contributed by atoms with Crippen molar-refractivity contribution >= 4 is 37.0 Å². The van der Waals surface area contributed by atoms with E-state index in [1.165, 1.54) is 11.4 Å². The van der Waals surface area contributed by atoms with Gasteiger partial charge in [-0.1, -0.05) is 0 Å². The first-order valence-corrected chi connectivity index (χ1v) is 8.39. The van der Waals surface area contributed by atoms with Crippen LogP contribution in [0, 0.1) is 0 Å². The van der Waals surface area contributed by atoms with Gasteiger partial charge in [-0.2, -0.15) is 0 Å². The third kappa shape index (κ3) is 2.64.